The number of hydrogen-bond acceptors (Lipinski definition) is 5. The maximum Gasteiger partial charge on any atom is 0.242 e. The maximum absolute atomic E-state index is 13.5. The molecule has 204 valence electrons. The molecule has 0 heterocycles. The molecule has 2 aromatic rings. The zero-order chi connectivity index (χ0) is 27.6. The Bertz CT molecular complexity index is 1150. The molecule has 9 heteroatoms. The number of methoxy groups -OCH3 is 1. The van der Waals surface area contributed by atoms with Crippen LogP contribution < -0.4 is 14.4 Å². The normalized spacial score (nSPS) is 12.1. The Hall–Kier alpha value is -3.07. The topological polar surface area (TPSA) is 96.0 Å². The molecule has 1 unspecified atom stereocenters. The van der Waals surface area contributed by atoms with Crippen LogP contribution in [0.15, 0.2) is 42.5 Å². The van der Waals surface area contributed by atoms with Crippen LogP contribution in [0.5, 0.6) is 5.75 Å². The van der Waals surface area contributed by atoms with Gasteiger partial charge < -0.3 is 15.0 Å². The predicted molar refractivity (Wildman–Crippen MR) is 148 cm³/mol. The van der Waals surface area contributed by atoms with E-state index in [1.165, 1.54) is 10.6 Å². The number of rotatable bonds is 14. The van der Waals surface area contributed by atoms with E-state index in [0.29, 0.717) is 30.8 Å². The lowest BCUT2D eigenvalue weighted by atomic mass is 10.1. The van der Waals surface area contributed by atoms with E-state index >= 15 is 0 Å². The molecule has 2 aromatic carbocycles. The zero-order valence-corrected chi connectivity index (χ0v) is 23.7. The van der Waals surface area contributed by atoms with Crippen LogP contribution in [0.2, 0.25) is 0 Å². The summed E-state index contributed by atoms with van der Waals surface area (Å²) in [5.41, 5.74) is 3.38. The molecule has 0 saturated heterocycles. The molecule has 0 radical (unpaired) electrons. The molecule has 2 amide bonds. The summed E-state index contributed by atoms with van der Waals surface area (Å²) < 4.78 is 31.8. The summed E-state index contributed by atoms with van der Waals surface area (Å²) in [6.45, 7) is 8.68. The lowest BCUT2D eigenvalue weighted by Gasteiger charge is -2.31. The summed E-state index contributed by atoms with van der Waals surface area (Å²) >= 11 is 0. The SMILES string of the molecule is CCCNC(=O)C(CC)N(Cc1ccc(OC)cc1)C(=O)CCCN(c1cccc(C)c1C)S(C)(=O)=O. The molecule has 0 aliphatic rings. The lowest BCUT2D eigenvalue weighted by molar-refractivity contribution is -0.141. The van der Waals surface area contributed by atoms with Gasteiger partial charge >= 0.3 is 0 Å². The van der Waals surface area contributed by atoms with Crippen molar-refractivity contribution in [2.75, 3.05) is 30.8 Å². The molecule has 2 rings (SSSR count). The fourth-order valence-electron chi connectivity index (χ4n) is 4.20. The average Bonchev–Trinajstić information content (AvgIpc) is 2.86. The number of hydrogen-bond donors (Lipinski definition) is 1. The Morgan fingerprint density at radius 3 is 2.30 bits per heavy atom. The van der Waals surface area contributed by atoms with Gasteiger partial charge in [0, 0.05) is 26.1 Å². The molecule has 0 spiro atoms. The average molecular weight is 532 g/mol. The van der Waals surface area contributed by atoms with Crippen molar-refractivity contribution < 1.29 is 22.7 Å². The van der Waals surface area contributed by atoms with Crippen molar-refractivity contribution in [2.45, 2.75) is 66.0 Å². The largest absolute Gasteiger partial charge is 0.497 e. The number of benzene rings is 2. The first kappa shape index (κ1) is 30.2. The Kier molecular flexibility index (Phi) is 11.4. The van der Waals surface area contributed by atoms with Gasteiger partial charge in [-0.05, 0) is 68.0 Å². The minimum atomic E-state index is -3.54. The number of anilines is 1. The van der Waals surface area contributed by atoms with E-state index in [9.17, 15) is 18.0 Å². The van der Waals surface area contributed by atoms with Gasteiger partial charge in [0.2, 0.25) is 21.8 Å². The lowest BCUT2D eigenvalue weighted by Crippen LogP contribution is -2.49. The highest BCUT2D eigenvalue weighted by Crippen LogP contribution is 2.26. The van der Waals surface area contributed by atoms with E-state index in [4.69, 9.17) is 4.74 Å². The van der Waals surface area contributed by atoms with Gasteiger partial charge in [0.05, 0.1) is 19.1 Å². The van der Waals surface area contributed by atoms with E-state index in [1.54, 1.807) is 18.1 Å². The van der Waals surface area contributed by atoms with Crippen LogP contribution in [0.1, 0.15) is 56.2 Å². The number of ether oxygens (including phenoxy) is 1. The predicted octanol–water partition coefficient (Wildman–Crippen LogP) is 4.19. The summed E-state index contributed by atoms with van der Waals surface area (Å²) in [4.78, 5) is 28.0. The van der Waals surface area contributed by atoms with E-state index in [1.807, 2.05) is 64.1 Å². The Labute approximate surface area is 222 Å². The quantitative estimate of drug-likeness (QED) is 0.394. The van der Waals surface area contributed by atoms with Gasteiger partial charge in [-0.3, -0.25) is 13.9 Å². The van der Waals surface area contributed by atoms with Crippen LogP contribution in [-0.2, 0) is 26.2 Å². The van der Waals surface area contributed by atoms with Gasteiger partial charge in [0.1, 0.15) is 11.8 Å². The molecule has 37 heavy (non-hydrogen) atoms. The third-order valence-corrected chi connectivity index (χ3v) is 7.62. The first-order valence-electron chi connectivity index (χ1n) is 12.8. The maximum atomic E-state index is 13.5. The van der Waals surface area contributed by atoms with Crippen LogP contribution in [-0.4, -0.2) is 57.6 Å². The van der Waals surface area contributed by atoms with E-state index in [0.717, 1.165) is 23.1 Å². The van der Waals surface area contributed by atoms with Crippen molar-refractivity contribution in [3.05, 3.63) is 59.2 Å². The number of sulfonamides is 1. The second-order valence-corrected chi connectivity index (χ2v) is 11.1. The molecule has 0 saturated carbocycles. The molecule has 0 aromatic heterocycles. The van der Waals surface area contributed by atoms with Crippen molar-refractivity contribution in [3.63, 3.8) is 0 Å². The summed E-state index contributed by atoms with van der Waals surface area (Å²) in [7, 11) is -1.95. The highest BCUT2D eigenvalue weighted by molar-refractivity contribution is 7.92. The van der Waals surface area contributed by atoms with Crippen LogP contribution >= 0.6 is 0 Å². The van der Waals surface area contributed by atoms with Crippen LogP contribution in [0, 0.1) is 13.8 Å². The first-order chi connectivity index (χ1) is 17.5. The first-order valence-corrected chi connectivity index (χ1v) is 14.6. The molecule has 0 bridgehead atoms. The number of carbonyl (C=O) groups is 2. The third-order valence-electron chi connectivity index (χ3n) is 6.44. The van der Waals surface area contributed by atoms with Crippen molar-refractivity contribution in [1.29, 1.82) is 0 Å². The van der Waals surface area contributed by atoms with Crippen molar-refractivity contribution in [1.82, 2.24) is 10.2 Å². The standard InChI is InChI=1S/C28H41N3O5S/c1-7-18-29-28(33)25(8-2)30(20-23-14-16-24(36-5)17-15-23)27(32)13-10-19-31(37(6,34)35)26-12-9-11-21(3)22(26)4/h9,11-12,14-17,25H,7-8,10,13,18-20H2,1-6H3,(H,29,33). The number of amides is 2. The Morgan fingerprint density at radius 1 is 1.05 bits per heavy atom. The fraction of sp³-hybridized carbons (Fsp3) is 0.500. The Morgan fingerprint density at radius 2 is 1.73 bits per heavy atom. The van der Waals surface area contributed by atoms with Gasteiger partial charge in [-0.1, -0.05) is 38.1 Å². The van der Waals surface area contributed by atoms with Gasteiger partial charge in [0.15, 0.2) is 0 Å². The van der Waals surface area contributed by atoms with E-state index < -0.39 is 16.1 Å². The van der Waals surface area contributed by atoms with Gasteiger partial charge in [-0.2, -0.15) is 0 Å². The molecular formula is C28H41N3O5S. The number of aryl methyl sites for hydroxylation is 1. The summed E-state index contributed by atoms with van der Waals surface area (Å²) in [6.07, 6.45) is 2.89. The van der Waals surface area contributed by atoms with Gasteiger partial charge in [0.25, 0.3) is 0 Å². The van der Waals surface area contributed by atoms with Crippen molar-refractivity contribution in [2.24, 2.45) is 0 Å². The molecule has 0 fully saturated rings. The number of nitrogens with zero attached hydrogens (tertiary/aromatic N) is 2. The minimum Gasteiger partial charge on any atom is -0.497 e. The minimum absolute atomic E-state index is 0.116. The monoisotopic (exact) mass is 531 g/mol. The van der Waals surface area contributed by atoms with Crippen LogP contribution in [0.25, 0.3) is 0 Å². The second kappa shape index (κ2) is 14.0. The fourth-order valence-corrected chi connectivity index (χ4v) is 5.22. The molecule has 1 atom stereocenters. The van der Waals surface area contributed by atoms with E-state index in [2.05, 4.69) is 5.32 Å². The van der Waals surface area contributed by atoms with Crippen LogP contribution in [0.4, 0.5) is 5.69 Å². The molecule has 0 aliphatic heterocycles. The summed E-state index contributed by atoms with van der Waals surface area (Å²) in [5.74, 6) is 0.338. The number of nitrogens with one attached hydrogen (secondary N) is 1. The second-order valence-electron chi connectivity index (χ2n) is 9.24. The van der Waals surface area contributed by atoms with Crippen molar-refractivity contribution in [3.8, 4) is 5.75 Å². The van der Waals surface area contributed by atoms with Crippen molar-refractivity contribution >= 4 is 27.5 Å². The highest BCUT2D eigenvalue weighted by Gasteiger charge is 2.29. The molecule has 1 N–H and O–H groups in total. The van der Waals surface area contributed by atoms with Crippen LogP contribution in [0.3, 0.4) is 0 Å². The highest BCUT2D eigenvalue weighted by atomic mass is 32.2. The van der Waals surface area contributed by atoms with Gasteiger partial charge in [-0.15, -0.1) is 0 Å². The smallest absolute Gasteiger partial charge is 0.242 e. The molecule has 8 nitrogen and oxygen atoms in total. The van der Waals surface area contributed by atoms with E-state index in [-0.39, 0.29) is 31.3 Å². The summed E-state index contributed by atoms with van der Waals surface area (Å²) in [6, 6.07) is 12.3. The zero-order valence-electron chi connectivity index (χ0n) is 22.9. The van der Waals surface area contributed by atoms with Gasteiger partial charge in [-0.25, -0.2) is 8.42 Å². The molecule has 0 aliphatic carbocycles. The molecular weight excluding hydrogens is 490 g/mol. The summed E-state index contributed by atoms with van der Waals surface area (Å²) in [5, 5.41) is 2.91. The Balaban J connectivity index is 2.24. The third kappa shape index (κ3) is 8.49. The number of carbonyl (C=O) groups excluding carboxylic acids is 2.